The van der Waals surface area contributed by atoms with Crippen molar-refractivity contribution in [3.05, 3.63) is 0 Å². The lowest BCUT2D eigenvalue weighted by Gasteiger charge is -2.31. The van der Waals surface area contributed by atoms with Crippen LogP contribution in [0.1, 0.15) is 72.1 Å². The molecule has 0 aromatic heterocycles. The summed E-state index contributed by atoms with van der Waals surface area (Å²) in [6, 6.07) is 0.884. The Labute approximate surface area is 113 Å². The third-order valence-electron chi connectivity index (χ3n) is 6.62. The predicted octanol–water partition coefficient (Wildman–Crippen LogP) is 4.37. The molecule has 1 nitrogen and oxygen atoms in total. The zero-order chi connectivity index (χ0) is 12.8. The molecule has 0 aromatic rings. The zero-order valence-electron chi connectivity index (χ0n) is 12.6. The molecule has 0 radical (unpaired) electrons. The van der Waals surface area contributed by atoms with E-state index in [0.29, 0.717) is 5.41 Å². The summed E-state index contributed by atoms with van der Waals surface area (Å²) in [7, 11) is 0. The molecule has 1 spiro atoms. The van der Waals surface area contributed by atoms with E-state index < -0.39 is 0 Å². The molecule has 0 saturated heterocycles. The Kier molecular flexibility index (Phi) is 3.25. The molecule has 1 unspecified atom stereocenters. The van der Waals surface area contributed by atoms with Crippen LogP contribution in [0, 0.1) is 22.7 Å². The van der Waals surface area contributed by atoms with Crippen molar-refractivity contribution >= 4 is 0 Å². The van der Waals surface area contributed by atoms with Crippen LogP contribution in [0.2, 0.25) is 0 Å². The van der Waals surface area contributed by atoms with Gasteiger partial charge in [0.1, 0.15) is 0 Å². The molecule has 18 heavy (non-hydrogen) atoms. The summed E-state index contributed by atoms with van der Waals surface area (Å²) in [6.07, 6.45) is 11.8. The summed E-state index contributed by atoms with van der Waals surface area (Å²) in [5.74, 6) is 2.02. The molecule has 1 N–H and O–H groups in total. The van der Waals surface area contributed by atoms with Gasteiger partial charge in [-0.1, -0.05) is 33.6 Å². The van der Waals surface area contributed by atoms with Crippen LogP contribution in [0.3, 0.4) is 0 Å². The first-order valence-corrected chi connectivity index (χ1v) is 8.33. The zero-order valence-corrected chi connectivity index (χ0v) is 12.6. The van der Waals surface area contributed by atoms with E-state index in [9.17, 15) is 0 Å². The van der Waals surface area contributed by atoms with Crippen LogP contribution in [-0.2, 0) is 0 Å². The monoisotopic (exact) mass is 249 g/mol. The maximum Gasteiger partial charge on any atom is 0.00683 e. The fraction of sp³-hybridized carbons (Fsp3) is 1.00. The van der Waals surface area contributed by atoms with Gasteiger partial charge < -0.3 is 5.32 Å². The molecule has 0 aromatic carbocycles. The largest absolute Gasteiger partial charge is 0.314 e. The first-order chi connectivity index (χ1) is 8.60. The third-order valence-corrected chi connectivity index (χ3v) is 6.62. The van der Waals surface area contributed by atoms with E-state index in [-0.39, 0.29) is 0 Å². The lowest BCUT2D eigenvalue weighted by Crippen LogP contribution is -2.24. The Morgan fingerprint density at radius 1 is 1.06 bits per heavy atom. The molecule has 3 rings (SSSR count). The standard InChI is InChI=1S/C17H31N/c1-4-5-13-8-10-17(11-9-13)15(16(17,2)3)12-18-14-6-7-14/h13-15,18H,4-12H2,1-3H3. The minimum absolute atomic E-state index is 0.617. The fourth-order valence-corrected chi connectivity index (χ4v) is 4.97. The first kappa shape index (κ1) is 13.0. The van der Waals surface area contributed by atoms with Gasteiger partial charge in [0.15, 0.2) is 0 Å². The van der Waals surface area contributed by atoms with E-state index in [1.54, 1.807) is 0 Å². The number of hydrogen-bond donors (Lipinski definition) is 1. The average Bonchev–Trinajstić information content (AvgIpc) is 3.21. The van der Waals surface area contributed by atoms with E-state index in [2.05, 4.69) is 26.1 Å². The maximum absolute atomic E-state index is 3.78. The summed E-state index contributed by atoms with van der Waals surface area (Å²) < 4.78 is 0. The van der Waals surface area contributed by atoms with E-state index in [4.69, 9.17) is 0 Å². The van der Waals surface area contributed by atoms with Crippen LogP contribution in [0.4, 0.5) is 0 Å². The van der Waals surface area contributed by atoms with Crippen molar-refractivity contribution < 1.29 is 0 Å². The Bertz CT molecular complexity index is 295. The van der Waals surface area contributed by atoms with Gasteiger partial charge in [-0.2, -0.15) is 0 Å². The van der Waals surface area contributed by atoms with Gasteiger partial charge in [-0.3, -0.25) is 0 Å². The van der Waals surface area contributed by atoms with Crippen LogP contribution in [-0.4, -0.2) is 12.6 Å². The van der Waals surface area contributed by atoms with Gasteiger partial charge in [-0.25, -0.2) is 0 Å². The Balaban J connectivity index is 1.54. The number of nitrogens with one attached hydrogen (secondary N) is 1. The molecule has 0 aliphatic heterocycles. The first-order valence-electron chi connectivity index (χ1n) is 8.33. The third kappa shape index (κ3) is 2.03. The van der Waals surface area contributed by atoms with E-state index in [0.717, 1.165) is 23.3 Å². The summed E-state index contributed by atoms with van der Waals surface area (Å²) in [4.78, 5) is 0. The van der Waals surface area contributed by atoms with Gasteiger partial charge in [0, 0.05) is 6.04 Å². The van der Waals surface area contributed by atoms with Crippen molar-refractivity contribution in [3.63, 3.8) is 0 Å². The number of rotatable bonds is 5. The smallest absolute Gasteiger partial charge is 0.00683 e. The Hall–Kier alpha value is -0.0400. The Morgan fingerprint density at radius 3 is 2.28 bits per heavy atom. The predicted molar refractivity (Wildman–Crippen MR) is 77.6 cm³/mol. The van der Waals surface area contributed by atoms with Crippen molar-refractivity contribution in [2.45, 2.75) is 78.2 Å². The lowest BCUT2D eigenvalue weighted by atomic mass is 9.74. The molecule has 3 aliphatic carbocycles. The maximum atomic E-state index is 3.78. The second-order valence-electron chi connectivity index (χ2n) is 7.84. The second-order valence-corrected chi connectivity index (χ2v) is 7.84. The molecule has 0 amide bonds. The van der Waals surface area contributed by atoms with Gasteiger partial charge in [0.2, 0.25) is 0 Å². The van der Waals surface area contributed by atoms with E-state index in [1.807, 2.05) is 0 Å². The van der Waals surface area contributed by atoms with Crippen LogP contribution < -0.4 is 5.32 Å². The van der Waals surface area contributed by atoms with Crippen LogP contribution in [0.15, 0.2) is 0 Å². The van der Waals surface area contributed by atoms with Gasteiger partial charge in [-0.05, 0) is 67.7 Å². The Morgan fingerprint density at radius 2 is 1.72 bits per heavy atom. The molecule has 1 atom stereocenters. The molecule has 0 heterocycles. The summed E-state index contributed by atoms with van der Waals surface area (Å²) >= 11 is 0. The van der Waals surface area contributed by atoms with Gasteiger partial charge >= 0.3 is 0 Å². The van der Waals surface area contributed by atoms with Crippen molar-refractivity contribution in [2.75, 3.05) is 6.54 Å². The van der Waals surface area contributed by atoms with E-state index in [1.165, 1.54) is 57.9 Å². The molecule has 3 aliphatic rings. The second kappa shape index (κ2) is 4.51. The number of hydrogen-bond acceptors (Lipinski definition) is 1. The van der Waals surface area contributed by atoms with Gasteiger partial charge in [0.25, 0.3) is 0 Å². The summed E-state index contributed by atoms with van der Waals surface area (Å²) in [6.45, 7) is 8.71. The van der Waals surface area contributed by atoms with Crippen molar-refractivity contribution in [3.8, 4) is 0 Å². The highest BCUT2D eigenvalue weighted by molar-refractivity contribution is 5.18. The molecule has 3 fully saturated rings. The van der Waals surface area contributed by atoms with Crippen molar-refractivity contribution in [1.29, 1.82) is 0 Å². The average molecular weight is 249 g/mol. The molecular weight excluding hydrogens is 218 g/mol. The molecule has 104 valence electrons. The molecule has 0 bridgehead atoms. The molecule has 1 heteroatoms. The highest BCUT2D eigenvalue weighted by Crippen LogP contribution is 2.74. The van der Waals surface area contributed by atoms with Crippen molar-refractivity contribution in [1.82, 2.24) is 5.32 Å². The van der Waals surface area contributed by atoms with Crippen molar-refractivity contribution in [2.24, 2.45) is 22.7 Å². The highest BCUT2D eigenvalue weighted by Gasteiger charge is 2.69. The molecule has 3 saturated carbocycles. The normalized spacial score (nSPS) is 42.2. The molecular formula is C17H31N. The topological polar surface area (TPSA) is 12.0 Å². The van der Waals surface area contributed by atoms with Crippen LogP contribution >= 0.6 is 0 Å². The quantitative estimate of drug-likeness (QED) is 0.763. The highest BCUT2D eigenvalue weighted by atomic mass is 15.0. The summed E-state index contributed by atoms with van der Waals surface area (Å²) in [5, 5.41) is 3.78. The fourth-order valence-electron chi connectivity index (χ4n) is 4.97. The minimum atomic E-state index is 0.617. The van der Waals surface area contributed by atoms with Crippen LogP contribution in [0.25, 0.3) is 0 Å². The lowest BCUT2D eigenvalue weighted by molar-refractivity contribution is 0.200. The van der Waals surface area contributed by atoms with Crippen LogP contribution in [0.5, 0.6) is 0 Å². The van der Waals surface area contributed by atoms with Gasteiger partial charge in [0.05, 0.1) is 0 Å². The SMILES string of the molecule is CCCC1CCC2(CC1)C(CNC1CC1)C2(C)C. The van der Waals surface area contributed by atoms with E-state index >= 15 is 0 Å². The minimum Gasteiger partial charge on any atom is -0.314 e. The summed E-state index contributed by atoms with van der Waals surface area (Å²) in [5.41, 5.74) is 1.34. The van der Waals surface area contributed by atoms with Gasteiger partial charge in [-0.15, -0.1) is 0 Å².